The van der Waals surface area contributed by atoms with E-state index in [9.17, 15) is 19.8 Å². The third kappa shape index (κ3) is 57.7. The average Bonchev–Trinajstić information content (AvgIpc) is 3.37. The molecule has 6 heteroatoms. The first kappa shape index (κ1) is 69.6. The molecular weight excluding hydrogens is 875 g/mol. The molecule has 0 aromatic heterocycles. The van der Waals surface area contributed by atoms with Crippen LogP contribution in [0.5, 0.6) is 0 Å². The summed E-state index contributed by atoms with van der Waals surface area (Å²) in [6, 6.07) is -0.546. The first-order chi connectivity index (χ1) is 35.0. The zero-order valence-corrected chi connectivity index (χ0v) is 48.2. The minimum Gasteiger partial charge on any atom is -0.466 e. The minimum atomic E-state index is -0.668. The molecule has 0 rings (SSSR count). The molecule has 71 heavy (non-hydrogen) atoms. The molecule has 2 atom stereocenters. The minimum absolute atomic E-state index is 0.0120. The molecule has 0 saturated carbocycles. The van der Waals surface area contributed by atoms with E-state index < -0.39 is 12.1 Å². The van der Waals surface area contributed by atoms with Crippen molar-refractivity contribution in [2.75, 3.05) is 13.2 Å². The SMILES string of the molecule is CCCCCCCCCCCCCCCCCCCCCCC(O)C(CO)NC(=O)CCCCCCCCC/C=C\CCCCCCCCCCCCCCOC(=O)CCCCCCCCCCCCC. The monoisotopic (exact) mass is 1000 g/mol. The van der Waals surface area contributed by atoms with E-state index in [-0.39, 0.29) is 18.5 Å². The van der Waals surface area contributed by atoms with Crippen LogP contribution in [0.25, 0.3) is 0 Å². The lowest BCUT2D eigenvalue weighted by Crippen LogP contribution is -2.45. The van der Waals surface area contributed by atoms with Gasteiger partial charge in [-0.15, -0.1) is 0 Å². The van der Waals surface area contributed by atoms with Gasteiger partial charge in [0, 0.05) is 12.8 Å². The number of allylic oxidation sites excluding steroid dienone is 2. The van der Waals surface area contributed by atoms with E-state index in [0.29, 0.717) is 25.9 Å². The van der Waals surface area contributed by atoms with Crippen molar-refractivity contribution in [3.05, 3.63) is 12.2 Å². The highest BCUT2D eigenvalue weighted by Crippen LogP contribution is 2.18. The van der Waals surface area contributed by atoms with Crippen LogP contribution in [0.2, 0.25) is 0 Å². The second-order valence-electron chi connectivity index (χ2n) is 22.5. The number of nitrogens with one attached hydrogen (secondary N) is 1. The van der Waals surface area contributed by atoms with Crippen LogP contribution in [0.4, 0.5) is 0 Å². The average molecular weight is 1000 g/mol. The Bertz CT molecular complexity index is 1060. The fourth-order valence-corrected chi connectivity index (χ4v) is 10.3. The Labute approximate surface area is 444 Å². The molecule has 0 spiro atoms. The quantitative estimate of drug-likeness (QED) is 0.0320. The summed E-state index contributed by atoms with van der Waals surface area (Å²) in [6.45, 7) is 4.98. The van der Waals surface area contributed by atoms with Crippen LogP contribution in [0.3, 0.4) is 0 Å². The summed E-state index contributed by atoms with van der Waals surface area (Å²) in [5.74, 6) is -0.0252. The maximum Gasteiger partial charge on any atom is 0.305 e. The van der Waals surface area contributed by atoms with Crippen molar-refractivity contribution in [2.24, 2.45) is 0 Å². The molecule has 0 aliphatic carbocycles. The Morgan fingerprint density at radius 1 is 0.380 bits per heavy atom. The molecule has 0 heterocycles. The van der Waals surface area contributed by atoms with Crippen molar-refractivity contribution in [3.63, 3.8) is 0 Å². The predicted octanol–water partition coefficient (Wildman–Crippen LogP) is 20.4. The van der Waals surface area contributed by atoms with E-state index in [1.165, 1.54) is 295 Å². The van der Waals surface area contributed by atoms with Crippen molar-refractivity contribution in [1.82, 2.24) is 5.32 Å². The number of unbranched alkanes of at least 4 members (excludes halogenated alkanes) is 48. The number of hydrogen-bond donors (Lipinski definition) is 3. The fraction of sp³-hybridized carbons (Fsp3) is 0.938. The molecule has 1 amide bonds. The molecule has 422 valence electrons. The van der Waals surface area contributed by atoms with Crippen molar-refractivity contribution < 1.29 is 24.5 Å². The summed E-state index contributed by atoms with van der Waals surface area (Å²) in [6.07, 6.45) is 73.7. The molecule has 2 unspecified atom stereocenters. The van der Waals surface area contributed by atoms with Crippen LogP contribution in [0, 0.1) is 0 Å². The van der Waals surface area contributed by atoms with Gasteiger partial charge in [-0.25, -0.2) is 0 Å². The van der Waals surface area contributed by atoms with Gasteiger partial charge in [-0.3, -0.25) is 9.59 Å². The summed E-state index contributed by atoms with van der Waals surface area (Å²) < 4.78 is 5.47. The van der Waals surface area contributed by atoms with Gasteiger partial charge >= 0.3 is 5.97 Å². The van der Waals surface area contributed by atoms with E-state index in [0.717, 1.165) is 38.5 Å². The highest BCUT2D eigenvalue weighted by Gasteiger charge is 2.20. The second-order valence-corrected chi connectivity index (χ2v) is 22.5. The largest absolute Gasteiger partial charge is 0.466 e. The Morgan fingerprint density at radius 3 is 1.00 bits per heavy atom. The highest BCUT2D eigenvalue weighted by atomic mass is 16.5. The molecular formula is C65H127NO5. The van der Waals surface area contributed by atoms with E-state index in [1.807, 2.05) is 0 Å². The number of esters is 1. The third-order valence-electron chi connectivity index (χ3n) is 15.3. The van der Waals surface area contributed by atoms with Crippen molar-refractivity contribution in [1.29, 1.82) is 0 Å². The Kier molecular flexibility index (Phi) is 59.9. The number of hydrogen-bond acceptors (Lipinski definition) is 5. The molecule has 0 saturated heterocycles. The number of rotatable bonds is 61. The zero-order valence-electron chi connectivity index (χ0n) is 48.2. The number of aliphatic hydroxyl groups is 2. The topological polar surface area (TPSA) is 95.9 Å². The molecule has 0 aliphatic rings. The molecule has 0 aliphatic heterocycles. The molecule has 0 radical (unpaired) electrons. The van der Waals surface area contributed by atoms with Gasteiger partial charge in [-0.2, -0.15) is 0 Å². The molecule has 0 bridgehead atoms. The van der Waals surface area contributed by atoms with Gasteiger partial charge in [-0.05, 0) is 51.4 Å². The van der Waals surface area contributed by atoms with Gasteiger partial charge in [0.25, 0.3) is 0 Å². The van der Waals surface area contributed by atoms with Crippen molar-refractivity contribution in [2.45, 2.75) is 379 Å². The number of amides is 1. The van der Waals surface area contributed by atoms with Crippen LogP contribution >= 0.6 is 0 Å². The lowest BCUT2D eigenvalue weighted by molar-refractivity contribution is -0.143. The van der Waals surface area contributed by atoms with Gasteiger partial charge in [-0.1, -0.05) is 315 Å². The normalized spacial score (nSPS) is 12.6. The summed E-state index contributed by atoms with van der Waals surface area (Å²) >= 11 is 0. The zero-order chi connectivity index (χ0) is 51.4. The summed E-state index contributed by atoms with van der Waals surface area (Å²) in [7, 11) is 0. The van der Waals surface area contributed by atoms with Gasteiger partial charge in [0.05, 0.1) is 25.4 Å². The Balaban J connectivity index is 3.41. The Morgan fingerprint density at radius 2 is 0.662 bits per heavy atom. The first-order valence-corrected chi connectivity index (χ1v) is 32.4. The maximum atomic E-state index is 12.5. The number of carbonyl (C=O) groups excluding carboxylic acids is 2. The van der Waals surface area contributed by atoms with Crippen LogP contribution in [0.15, 0.2) is 12.2 Å². The first-order valence-electron chi connectivity index (χ1n) is 32.4. The van der Waals surface area contributed by atoms with Crippen LogP contribution in [-0.2, 0) is 14.3 Å². The number of aliphatic hydroxyl groups excluding tert-OH is 2. The van der Waals surface area contributed by atoms with E-state index >= 15 is 0 Å². The molecule has 0 aromatic rings. The van der Waals surface area contributed by atoms with Gasteiger partial charge in [0.2, 0.25) is 5.91 Å². The van der Waals surface area contributed by atoms with Crippen LogP contribution < -0.4 is 5.32 Å². The van der Waals surface area contributed by atoms with Gasteiger partial charge in [0.1, 0.15) is 0 Å². The lowest BCUT2D eigenvalue weighted by atomic mass is 10.0. The third-order valence-corrected chi connectivity index (χ3v) is 15.3. The summed E-state index contributed by atoms with van der Waals surface area (Å²) in [5.41, 5.74) is 0. The lowest BCUT2D eigenvalue weighted by Gasteiger charge is -2.22. The van der Waals surface area contributed by atoms with Crippen LogP contribution in [0.1, 0.15) is 367 Å². The fourth-order valence-electron chi connectivity index (χ4n) is 10.3. The summed E-state index contributed by atoms with van der Waals surface area (Å²) in [4.78, 5) is 24.5. The highest BCUT2D eigenvalue weighted by molar-refractivity contribution is 5.76. The van der Waals surface area contributed by atoms with Gasteiger partial charge < -0.3 is 20.3 Å². The molecule has 0 fully saturated rings. The van der Waals surface area contributed by atoms with Gasteiger partial charge in [0.15, 0.2) is 0 Å². The molecule has 3 N–H and O–H groups in total. The smallest absolute Gasteiger partial charge is 0.305 e. The predicted molar refractivity (Wildman–Crippen MR) is 310 cm³/mol. The van der Waals surface area contributed by atoms with E-state index in [1.54, 1.807) is 0 Å². The number of carbonyl (C=O) groups is 2. The van der Waals surface area contributed by atoms with Crippen molar-refractivity contribution >= 4 is 11.9 Å². The van der Waals surface area contributed by atoms with E-state index in [4.69, 9.17) is 4.74 Å². The molecule has 6 nitrogen and oxygen atoms in total. The Hall–Kier alpha value is -1.40. The number of ether oxygens (including phenoxy) is 1. The van der Waals surface area contributed by atoms with Crippen molar-refractivity contribution in [3.8, 4) is 0 Å². The summed E-state index contributed by atoms with van der Waals surface area (Å²) in [5, 5.41) is 23.4. The van der Waals surface area contributed by atoms with Crippen LogP contribution in [-0.4, -0.2) is 47.4 Å². The maximum absolute atomic E-state index is 12.5. The standard InChI is InChI=1S/C65H127NO5/c1-3-5-7-9-11-13-15-16-17-18-19-25-28-31-34-38-41-45-49-53-57-63(68)62(61-67)66-64(69)58-54-50-46-42-39-35-32-29-26-23-21-20-22-24-27-30-33-36-40-44-48-52-56-60-71-65(70)59-55-51-47-43-37-14-12-10-8-6-4-2/h23,26,62-63,67-68H,3-22,24-25,27-61H2,1-2H3,(H,66,69)/b26-23-. The second kappa shape index (κ2) is 61.1. The molecule has 0 aromatic carbocycles. The van der Waals surface area contributed by atoms with E-state index in [2.05, 4.69) is 31.3 Å².